The van der Waals surface area contributed by atoms with Crippen molar-refractivity contribution in [2.75, 3.05) is 13.2 Å². The Hall–Kier alpha value is -2.18. The van der Waals surface area contributed by atoms with Crippen LogP contribution in [0.4, 0.5) is 0 Å². The van der Waals surface area contributed by atoms with Crippen LogP contribution in [0.1, 0.15) is 380 Å². The lowest BCUT2D eigenvalue weighted by molar-refractivity contribution is -0.143. The van der Waals surface area contributed by atoms with Crippen LogP contribution in [-0.2, 0) is 14.3 Å². The molecule has 0 rings (SSSR count). The number of carbonyl (C=O) groups excluding carboxylic acids is 2. The number of carbonyl (C=O) groups is 2. The van der Waals surface area contributed by atoms with Crippen LogP contribution in [0.15, 0.2) is 48.6 Å². The largest absolute Gasteiger partial charge is 0.466 e. The Labute approximate surface area is 493 Å². The molecule has 6 nitrogen and oxygen atoms in total. The van der Waals surface area contributed by atoms with Gasteiger partial charge in [-0.15, -0.1) is 0 Å². The molecule has 0 aromatic rings. The first-order valence-corrected chi connectivity index (χ1v) is 35.4. The molecule has 2 unspecified atom stereocenters. The zero-order chi connectivity index (χ0) is 57.1. The summed E-state index contributed by atoms with van der Waals surface area (Å²) in [5.74, 6) is -0.0317. The van der Waals surface area contributed by atoms with Crippen LogP contribution in [0.3, 0.4) is 0 Å². The molecule has 79 heavy (non-hydrogen) atoms. The van der Waals surface area contributed by atoms with Crippen molar-refractivity contribution in [1.82, 2.24) is 5.32 Å². The summed E-state index contributed by atoms with van der Waals surface area (Å²) in [6, 6.07) is -0.540. The summed E-state index contributed by atoms with van der Waals surface area (Å²) in [6.07, 6.45) is 88.8. The second kappa shape index (κ2) is 68.3. The van der Waals surface area contributed by atoms with Crippen molar-refractivity contribution in [2.45, 2.75) is 392 Å². The molecular formula is C73H137NO5. The minimum Gasteiger partial charge on any atom is -0.466 e. The molecule has 0 spiro atoms. The van der Waals surface area contributed by atoms with Gasteiger partial charge in [-0.2, -0.15) is 0 Å². The van der Waals surface area contributed by atoms with Crippen LogP contribution in [0, 0.1) is 0 Å². The van der Waals surface area contributed by atoms with Gasteiger partial charge in [-0.3, -0.25) is 9.59 Å². The lowest BCUT2D eigenvalue weighted by atomic mass is 10.0. The first-order chi connectivity index (χ1) is 39.0. The fraction of sp³-hybridized carbons (Fsp3) is 0.863. The zero-order valence-corrected chi connectivity index (χ0v) is 53.1. The van der Waals surface area contributed by atoms with Gasteiger partial charge in [-0.1, -0.05) is 332 Å². The normalized spacial score (nSPS) is 12.8. The van der Waals surface area contributed by atoms with Gasteiger partial charge in [-0.25, -0.2) is 0 Å². The second-order valence-electron chi connectivity index (χ2n) is 24.2. The van der Waals surface area contributed by atoms with Crippen LogP contribution >= 0.6 is 0 Å². The second-order valence-corrected chi connectivity index (χ2v) is 24.2. The van der Waals surface area contributed by atoms with E-state index in [1.165, 1.54) is 289 Å². The van der Waals surface area contributed by atoms with Gasteiger partial charge in [0, 0.05) is 12.8 Å². The molecule has 6 heteroatoms. The third-order valence-corrected chi connectivity index (χ3v) is 16.3. The zero-order valence-electron chi connectivity index (χ0n) is 53.1. The number of unbranched alkanes of at least 4 members (excludes halogenated alkanes) is 47. The predicted octanol–water partition coefficient (Wildman–Crippen LogP) is 22.9. The monoisotopic (exact) mass is 1110 g/mol. The molecule has 2 atom stereocenters. The molecule has 0 aromatic heterocycles. The highest BCUT2D eigenvalue weighted by atomic mass is 16.5. The Kier molecular flexibility index (Phi) is 66.4. The minimum absolute atomic E-state index is 0.00122. The Morgan fingerprint density at radius 3 is 1.01 bits per heavy atom. The van der Waals surface area contributed by atoms with Gasteiger partial charge in [0.25, 0.3) is 0 Å². The highest BCUT2D eigenvalue weighted by Crippen LogP contribution is 2.18. The Bertz CT molecular complexity index is 1320. The summed E-state index contributed by atoms with van der Waals surface area (Å²) in [7, 11) is 0. The summed E-state index contributed by atoms with van der Waals surface area (Å²) < 4.78 is 5.47. The maximum absolute atomic E-state index is 12.5. The fourth-order valence-electron chi connectivity index (χ4n) is 10.9. The van der Waals surface area contributed by atoms with Crippen LogP contribution in [0.2, 0.25) is 0 Å². The quantitative estimate of drug-likeness (QED) is 0.0320. The van der Waals surface area contributed by atoms with Gasteiger partial charge in [0.05, 0.1) is 25.4 Å². The van der Waals surface area contributed by atoms with E-state index in [2.05, 4.69) is 67.8 Å². The molecule has 0 bridgehead atoms. The third-order valence-electron chi connectivity index (χ3n) is 16.3. The highest BCUT2D eigenvalue weighted by molar-refractivity contribution is 5.76. The maximum atomic E-state index is 12.5. The Balaban J connectivity index is 3.38. The maximum Gasteiger partial charge on any atom is 0.305 e. The highest BCUT2D eigenvalue weighted by Gasteiger charge is 2.20. The van der Waals surface area contributed by atoms with Gasteiger partial charge in [0.1, 0.15) is 0 Å². The van der Waals surface area contributed by atoms with E-state index >= 15 is 0 Å². The number of hydrogen-bond donors (Lipinski definition) is 3. The van der Waals surface area contributed by atoms with Crippen LogP contribution in [0.5, 0.6) is 0 Å². The van der Waals surface area contributed by atoms with Crippen molar-refractivity contribution in [3.8, 4) is 0 Å². The van der Waals surface area contributed by atoms with Gasteiger partial charge >= 0.3 is 5.97 Å². The lowest BCUT2D eigenvalue weighted by Gasteiger charge is -2.22. The SMILES string of the molecule is CCC/C=C\C/C=C\CCCCCCCC(=O)OCCCCCCCCCCC/C=C\C/C=C\CCCCCCCCCCCCCCCCCCCC(=O)NC(CO)C(O)CCCCCCCCCCCCCCCCCC. The molecule has 1 amide bonds. The summed E-state index contributed by atoms with van der Waals surface area (Å²) in [5.41, 5.74) is 0. The summed E-state index contributed by atoms with van der Waals surface area (Å²) in [5, 5.41) is 23.4. The molecule has 0 heterocycles. The minimum atomic E-state index is -0.663. The predicted molar refractivity (Wildman–Crippen MR) is 347 cm³/mol. The van der Waals surface area contributed by atoms with Crippen molar-refractivity contribution in [2.24, 2.45) is 0 Å². The van der Waals surface area contributed by atoms with E-state index < -0.39 is 12.1 Å². The Morgan fingerprint density at radius 2 is 0.658 bits per heavy atom. The number of ether oxygens (including phenoxy) is 1. The topological polar surface area (TPSA) is 95.9 Å². The molecule has 0 saturated heterocycles. The van der Waals surface area contributed by atoms with Crippen LogP contribution in [0.25, 0.3) is 0 Å². The number of hydrogen-bond acceptors (Lipinski definition) is 5. The van der Waals surface area contributed by atoms with Gasteiger partial charge in [0.2, 0.25) is 5.91 Å². The number of rotatable bonds is 66. The lowest BCUT2D eigenvalue weighted by Crippen LogP contribution is -2.45. The van der Waals surface area contributed by atoms with Crippen LogP contribution in [-0.4, -0.2) is 47.4 Å². The molecule has 0 fully saturated rings. The number of allylic oxidation sites excluding steroid dienone is 8. The fourth-order valence-corrected chi connectivity index (χ4v) is 10.9. The molecule has 0 aliphatic heterocycles. The van der Waals surface area contributed by atoms with Crippen LogP contribution < -0.4 is 5.32 Å². The molecule has 0 aromatic carbocycles. The van der Waals surface area contributed by atoms with E-state index in [-0.39, 0.29) is 18.5 Å². The van der Waals surface area contributed by atoms with E-state index in [4.69, 9.17) is 4.74 Å². The van der Waals surface area contributed by atoms with Crippen molar-refractivity contribution in [3.05, 3.63) is 48.6 Å². The number of aliphatic hydroxyl groups is 2. The standard InChI is InChI=1S/C73H137NO5/c1-3-5-7-9-11-13-15-17-18-38-42-45-49-53-57-61-65-71(76)70(69-75)74-72(77)66-62-58-54-50-46-43-39-36-34-32-30-28-26-24-22-20-19-21-23-25-27-29-31-33-35-37-40-44-48-52-56-60-64-68-79-73(78)67-63-59-55-51-47-41-16-14-12-10-8-6-4-2/h8,10,14,16,23,25,29,31,70-71,75-76H,3-7,9,11-13,15,17-22,24,26-28,30,32-69H2,1-2H3,(H,74,77)/b10-8-,16-14-,25-23-,31-29-. The van der Waals surface area contributed by atoms with E-state index in [1.54, 1.807) is 0 Å². The van der Waals surface area contributed by atoms with E-state index in [0.717, 1.165) is 57.8 Å². The average molecular weight is 1110 g/mol. The van der Waals surface area contributed by atoms with Crippen molar-refractivity contribution in [1.29, 1.82) is 0 Å². The molecule has 0 radical (unpaired) electrons. The van der Waals surface area contributed by atoms with E-state index in [0.29, 0.717) is 25.9 Å². The summed E-state index contributed by atoms with van der Waals surface area (Å²) >= 11 is 0. The summed E-state index contributed by atoms with van der Waals surface area (Å²) in [6.45, 7) is 4.90. The number of esters is 1. The van der Waals surface area contributed by atoms with Gasteiger partial charge in [0.15, 0.2) is 0 Å². The number of nitrogens with one attached hydrogen (secondary N) is 1. The number of amides is 1. The third kappa shape index (κ3) is 64.8. The van der Waals surface area contributed by atoms with Crippen molar-refractivity contribution in [3.63, 3.8) is 0 Å². The Morgan fingerprint density at radius 1 is 0.354 bits per heavy atom. The van der Waals surface area contributed by atoms with Crippen molar-refractivity contribution < 1.29 is 24.5 Å². The van der Waals surface area contributed by atoms with Gasteiger partial charge < -0.3 is 20.3 Å². The van der Waals surface area contributed by atoms with Gasteiger partial charge in [-0.05, 0) is 83.5 Å². The number of aliphatic hydroxyl groups excluding tert-OH is 2. The first-order valence-electron chi connectivity index (χ1n) is 35.4. The smallest absolute Gasteiger partial charge is 0.305 e. The molecule has 3 N–H and O–H groups in total. The van der Waals surface area contributed by atoms with E-state index in [1.807, 2.05) is 0 Å². The first kappa shape index (κ1) is 76.8. The molecule has 464 valence electrons. The summed E-state index contributed by atoms with van der Waals surface area (Å²) in [4.78, 5) is 24.5. The molecular weight excluding hydrogens is 971 g/mol. The van der Waals surface area contributed by atoms with E-state index in [9.17, 15) is 19.8 Å². The molecule has 0 saturated carbocycles. The molecule has 0 aliphatic carbocycles. The average Bonchev–Trinajstić information content (AvgIpc) is 3.45. The molecule has 0 aliphatic rings. The van der Waals surface area contributed by atoms with Crippen molar-refractivity contribution >= 4 is 11.9 Å².